The Balaban J connectivity index is 1.92. The first-order chi connectivity index (χ1) is 14.0. The van der Waals surface area contributed by atoms with Crippen molar-refractivity contribution in [1.82, 2.24) is 15.3 Å². The van der Waals surface area contributed by atoms with E-state index >= 15 is 4.39 Å². The number of amides is 1. The van der Waals surface area contributed by atoms with E-state index in [-0.39, 0.29) is 23.1 Å². The van der Waals surface area contributed by atoms with E-state index in [1.165, 1.54) is 27.2 Å². The van der Waals surface area contributed by atoms with Gasteiger partial charge >= 0.3 is 0 Å². The highest BCUT2D eigenvalue weighted by atomic mass is 32.2. The summed E-state index contributed by atoms with van der Waals surface area (Å²) in [4.78, 5) is 20.0. The zero-order chi connectivity index (χ0) is 22.3. The maximum Gasteiger partial charge on any atom is 0.275 e. The van der Waals surface area contributed by atoms with Gasteiger partial charge in [0.2, 0.25) is 5.88 Å². The van der Waals surface area contributed by atoms with E-state index in [4.69, 9.17) is 10.1 Å². The summed E-state index contributed by atoms with van der Waals surface area (Å²) in [5.74, 6) is -3.77. The second-order valence-corrected chi connectivity index (χ2v) is 9.67. The molecule has 0 radical (unpaired) electrons. The number of hydrogen-bond donors (Lipinski definition) is 3. The molecule has 30 heavy (non-hydrogen) atoms. The smallest absolute Gasteiger partial charge is 0.275 e. The lowest BCUT2D eigenvalue weighted by atomic mass is 10.0. The van der Waals surface area contributed by atoms with Gasteiger partial charge in [0.25, 0.3) is 5.91 Å². The van der Waals surface area contributed by atoms with Gasteiger partial charge < -0.3 is 15.4 Å². The first kappa shape index (κ1) is 21.6. The molecule has 1 aliphatic rings. The highest BCUT2D eigenvalue weighted by molar-refractivity contribution is 7.93. The number of nitrogens with one attached hydrogen (secondary N) is 3. The van der Waals surface area contributed by atoms with Gasteiger partial charge in [-0.25, -0.2) is 27.2 Å². The number of methoxy groups -OCH3 is 1. The van der Waals surface area contributed by atoms with E-state index in [0.29, 0.717) is 0 Å². The molecule has 1 amide bonds. The number of hydrogen-bond acceptors (Lipinski definition) is 7. The van der Waals surface area contributed by atoms with Crippen LogP contribution < -0.4 is 15.4 Å². The first-order valence-electron chi connectivity index (χ1n) is 8.71. The van der Waals surface area contributed by atoms with Crippen LogP contribution in [0, 0.1) is 17.0 Å². The Bertz CT molecular complexity index is 1120. The van der Waals surface area contributed by atoms with Crippen LogP contribution in [0.1, 0.15) is 35.9 Å². The lowest BCUT2D eigenvalue weighted by Crippen LogP contribution is -2.56. The fourth-order valence-electron chi connectivity index (χ4n) is 2.84. The Kier molecular flexibility index (Phi) is 5.46. The van der Waals surface area contributed by atoms with Gasteiger partial charge in [0.1, 0.15) is 22.1 Å². The Hall–Kier alpha value is -3.15. The maximum atomic E-state index is 15.1. The maximum absolute atomic E-state index is 15.1. The number of carbonyl (C=O) groups excluding carboxylic acids is 1. The van der Waals surface area contributed by atoms with Crippen LogP contribution in [0.15, 0.2) is 24.5 Å². The molecule has 0 spiro atoms. The minimum Gasteiger partial charge on any atom is -0.480 e. The summed E-state index contributed by atoms with van der Waals surface area (Å²) in [5.41, 5.74) is -1.09. The van der Waals surface area contributed by atoms with Crippen LogP contribution in [0.25, 0.3) is 0 Å². The monoisotopic (exact) mass is 439 g/mol. The molecule has 3 N–H and O–H groups in total. The van der Waals surface area contributed by atoms with E-state index in [9.17, 15) is 17.6 Å². The molecule has 1 fully saturated rings. The number of rotatable bonds is 4. The molecule has 12 heteroatoms. The van der Waals surface area contributed by atoms with Gasteiger partial charge in [-0.05, 0) is 26.0 Å². The Morgan fingerprint density at radius 2 is 2.00 bits per heavy atom. The molecule has 1 aliphatic heterocycles. The summed E-state index contributed by atoms with van der Waals surface area (Å²) in [7, 11) is -2.49. The number of nitrogens with zero attached hydrogens (tertiary/aromatic N) is 2. The summed E-state index contributed by atoms with van der Waals surface area (Å²) in [6.07, 6.45) is 2.32. The molecule has 0 saturated carbocycles. The summed E-state index contributed by atoms with van der Waals surface area (Å²) < 4.78 is 57.8. The quantitative estimate of drug-likeness (QED) is 0.662. The van der Waals surface area contributed by atoms with Crippen molar-refractivity contribution in [3.05, 3.63) is 47.4 Å². The van der Waals surface area contributed by atoms with Gasteiger partial charge in [-0.15, -0.1) is 0 Å². The number of benzene rings is 1. The molecule has 0 bridgehead atoms. The van der Waals surface area contributed by atoms with Gasteiger partial charge in [0, 0.05) is 5.56 Å². The molecule has 1 atom stereocenters. The van der Waals surface area contributed by atoms with Crippen molar-refractivity contribution in [3.8, 4) is 5.88 Å². The second kappa shape index (κ2) is 7.59. The largest absolute Gasteiger partial charge is 0.480 e. The average molecular weight is 439 g/mol. The van der Waals surface area contributed by atoms with Gasteiger partial charge in [0.05, 0.1) is 37.0 Å². The van der Waals surface area contributed by atoms with Gasteiger partial charge in [0.15, 0.2) is 15.7 Å². The van der Waals surface area contributed by atoms with E-state index < -0.39 is 49.5 Å². The molecule has 1 aromatic carbocycles. The molecular formula is C18H19F2N5O4S. The molecule has 0 unspecified atom stereocenters. The van der Waals surface area contributed by atoms with Crippen LogP contribution in [-0.4, -0.2) is 47.7 Å². The molecule has 0 aliphatic carbocycles. The Morgan fingerprint density at radius 1 is 1.30 bits per heavy atom. The molecule has 1 aromatic heterocycles. The number of aromatic nitrogens is 2. The highest BCUT2D eigenvalue weighted by Gasteiger charge is 2.46. The fraction of sp³-hybridized carbons (Fsp3) is 0.333. The van der Waals surface area contributed by atoms with Crippen LogP contribution in [0.2, 0.25) is 0 Å². The highest BCUT2D eigenvalue weighted by Crippen LogP contribution is 2.34. The first-order valence-corrected chi connectivity index (χ1v) is 10.4. The summed E-state index contributed by atoms with van der Waals surface area (Å²) in [6, 6.07) is 0.592. The minimum absolute atomic E-state index is 0.136. The van der Waals surface area contributed by atoms with E-state index in [0.717, 1.165) is 18.3 Å². The summed E-state index contributed by atoms with van der Waals surface area (Å²) in [6.45, 7) is 2.68. The predicted molar refractivity (Wildman–Crippen MR) is 104 cm³/mol. The molecule has 1 saturated heterocycles. The standard InChI is InChI=1S/C18H19F2N5O4S/c1-18(2)17(21)25-12(8-30(18,27)28)14-9(19)4-5-10(15(14)20)24-16(26)11-6-23-13(29-3)7-22-11/h4-7,12H,8H2,1-3H3,(H2,21,25)(H,24,26)/t12-/m0/s1. The van der Waals surface area contributed by atoms with Crippen molar-refractivity contribution in [2.45, 2.75) is 24.6 Å². The van der Waals surface area contributed by atoms with E-state index in [1.807, 2.05) is 0 Å². The number of carbonyl (C=O) groups is 1. The summed E-state index contributed by atoms with van der Waals surface area (Å²) in [5, 5.41) is 12.8. The van der Waals surface area contributed by atoms with Gasteiger partial charge in [-0.2, -0.15) is 0 Å². The van der Waals surface area contributed by atoms with Crippen LogP contribution in [-0.2, 0) is 9.84 Å². The summed E-state index contributed by atoms with van der Waals surface area (Å²) >= 11 is 0. The van der Waals surface area contributed by atoms with Crippen molar-refractivity contribution in [2.24, 2.45) is 0 Å². The van der Waals surface area contributed by atoms with Gasteiger partial charge in [-0.1, -0.05) is 0 Å². The van der Waals surface area contributed by atoms with Gasteiger partial charge in [-0.3, -0.25) is 10.2 Å². The minimum atomic E-state index is -3.86. The number of anilines is 1. The van der Waals surface area contributed by atoms with Crippen LogP contribution in [0.5, 0.6) is 5.88 Å². The number of halogens is 2. The number of amidine groups is 1. The average Bonchev–Trinajstić information content (AvgIpc) is 2.68. The Morgan fingerprint density at radius 3 is 2.57 bits per heavy atom. The molecule has 160 valence electrons. The van der Waals surface area contributed by atoms with Crippen molar-refractivity contribution in [3.63, 3.8) is 0 Å². The molecular weight excluding hydrogens is 420 g/mol. The normalized spacial score (nSPS) is 19.6. The van der Waals surface area contributed by atoms with E-state index in [1.54, 1.807) is 0 Å². The van der Waals surface area contributed by atoms with E-state index in [2.05, 4.69) is 20.6 Å². The molecule has 3 rings (SSSR count). The number of sulfone groups is 1. The predicted octanol–water partition coefficient (Wildman–Crippen LogP) is 1.83. The van der Waals surface area contributed by atoms with Crippen molar-refractivity contribution in [2.75, 3.05) is 18.2 Å². The number of ether oxygens (including phenoxy) is 1. The lowest BCUT2D eigenvalue weighted by Gasteiger charge is -2.36. The molecule has 2 heterocycles. The van der Waals surface area contributed by atoms with Crippen molar-refractivity contribution >= 4 is 27.3 Å². The SMILES string of the molecule is COc1cnc(C(=O)Nc2ccc(F)c([C@@H]3CS(=O)(=O)C(C)(C)C(=N)N3)c2F)cn1. The third-order valence-corrected chi connectivity index (χ3v) is 7.41. The Labute approximate surface area is 171 Å². The van der Waals surface area contributed by atoms with Crippen LogP contribution in [0.4, 0.5) is 14.5 Å². The third-order valence-electron chi connectivity index (χ3n) is 4.88. The topological polar surface area (TPSA) is 134 Å². The lowest BCUT2D eigenvalue weighted by molar-refractivity contribution is 0.102. The van der Waals surface area contributed by atoms with Crippen LogP contribution >= 0.6 is 0 Å². The molecule has 2 aromatic rings. The van der Waals surface area contributed by atoms with Crippen molar-refractivity contribution in [1.29, 1.82) is 5.41 Å². The zero-order valence-electron chi connectivity index (χ0n) is 16.3. The molecule has 9 nitrogen and oxygen atoms in total. The zero-order valence-corrected chi connectivity index (χ0v) is 17.1. The third kappa shape index (κ3) is 3.70. The second-order valence-electron chi connectivity index (χ2n) is 7.08. The fourth-order valence-corrected chi connectivity index (χ4v) is 4.31. The van der Waals surface area contributed by atoms with Crippen molar-refractivity contribution < 1.29 is 26.7 Å². The van der Waals surface area contributed by atoms with Crippen LogP contribution in [0.3, 0.4) is 0 Å².